The van der Waals surface area contributed by atoms with E-state index in [1.165, 1.54) is 6.42 Å². The van der Waals surface area contributed by atoms with Crippen LogP contribution in [0.1, 0.15) is 56.8 Å². The van der Waals surface area contributed by atoms with Crippen LogP contribution in [0, 0.1) is 11.3 Å². The predicted molar refractivity (Wildman–Crippen MR) is 97.9 cm³/mol. The van der Waals surface area contributed by atoms with Crippen molar-refractivity contribution in [3.05, 3.63) is 44.5 Å². The van der Waals surface area contributed by atoms with E-state index < -0.39 is 11.1 Å². The Kier molecular flexibility index (Phi) is 4.54. The first-order chi connectivity index (χ1) is 11.8. The van der Waals surface area contributed by atoms with Crippen LogP contribution in [0.3, 0.4) is 0 Å². The molecule has 1 fully saturated rings. The second kappa shape index (κ2) is 6.50. The number of rotatable bonds is 2. The molecular formula is C19H25N3O3. The summed E-state index contributed by atoms with van der Waals surface area (Å²) in [5.74, 6) is 0.303. The molecule has 6 nitrogen and oxygen atoms in total. The van der Waals surface area contributed by atoms with E-state index in [1.807, 2.05) is 0 Å². The molecule has 0 radical (unpaired) electrons. The molecule has 1 aliphatic rings. The Morgan fingerprint density at radius 2 is 1.68 bits per heavy atom. The van der Waals surface area contributed by atoms with Gasteiger partial charge in [0.05, 0.1) is 11.0 Å². The zero-order valence-corrected chi connectivity index (χ0v) is 14.9. The number of hydrogen-bond acceptors (Lipinski definition) is 3. The number of aromatic amines is 2. The number of hydrogen-bond donors (Lipinski definition) is 3. The molecule has 1 aromatic heterocycles. The third-order valence-corrected chi connectivity index (χ3v) is 5.18. The van der Waals surface area contributed by atoms with Crippen LogP contribution in [0.15, 0.2) is 27.8 Å². The van der Waals surface area contributed by atoms with Crippen molar-refractivity contribution in [1.82, 2.24) is 15.3 Å². The molecule has 0 aliphatic heterocycles. The van der Waals surface area contributed by atoms with Gasteiger partial charge in [-0.05, 0) is 42.4 Å². The van der Waals surface area contributed by atoms with Gasteiger partial charge in [0.15, 0.2) is 0 Å². The molecular weight excluding hydrogens is 318 g/mol. The first kappa shape index (κ1) is 17.5. The Morgan fingerprint density at radius 3 is 2.36 bits per heavy atom. The van der Waals surface area contributed by atoms with Gasteiger partial charge >= 0.3 is 11.1 Å². The molecule has 2 aromatic rings. The van der Waals surface area contributed by atoms with Crippen LogP contribution in [0.5, 0.6) is 0 Å². The molecule has 134 valence electrons. The quantitative estimate of drug-likeness (QED) is 0.731. The Balaban J connectivity index is 1.85. The second-order valence-corrected chi connectivity index (χ2v) is 8.01. The lowest BCUT2D eigenvalue weighted by Gasteiger charge is -2.40. The van der Waals surface area contributed by atoms with E-state index in [0.29, 0.717) is 22.5 Å². The summed E-state index contributed by atoms with van der Waals surface area (Å²) in [6.07, 6.45) is 4.45. The Labute approximate surface area is 146 Å². The highest BCUT2D eigenvalue weighted by Gasteiger charge is 2.35. The van der Waals surface area contributed by atoms with E-state index in [-0.39, 0.29) is 17.4 Å². The van der Waals surface area contributed by atoms with Gasteiger partial charge < -0.3 is 15.3 Å². The molecule has 1 saturated carbocycles. The molecule has 1 aliphatic carbocycles. The summed E-state index contributed by atoms with van der Waals surface area (Å²) in [4.78, 5) is 40.6. The number of amides is 1. The monoisotopic (exact) mass is 343 g/mol. The van der Waals surface area contributed by atoms with Crippen molar-refractivity contribution in [2.75, 3.05) is 0 Å². The number of benzene rings is 1. The van der Waals surface area contributed by atoms with Gasteiger partial charge in [-0.15, -0.1) is 0 Å². The number of carbonyl (C=O) groups is 1. The SMILES string of the molecule is CC(C)(C)[C@@H]1CCCC[C@@H]1NC(=O)c1ccc2[nH]c(=O)c(=O)[nH]c2c1. The molecule has 2 atom stereocenters. The van der Waals surface area contributed by atoms with E-state index >= 15 is 0 Å². The number of H-pyrrole nitrogens is 2. The lowest BCUT2D eigenvalue weighted by molar-refractivity contribution is 0.0830. The molecule has 0 spiro atoms. The van der Waals surface area contributed by atoms with Crippen molar-refractivity contribution < 1.29 is 4.79 Å². The van der Waals surface area contributed by atoms with Gasteiger partial charge in [-0.1, -0.05) is 33.6 Å². The normalized spacial score (nSPS) is 21.2. The van der Waals surface area contributed by atoms with Crippen molar-refractivity contribution in [2.24, 2.45) is 11.3 Å². The van der Waals surface area contributed by atoms with Crippen molar-refractivity contribution in [3.63, 3.8) is 0 Å². The van der Waals surface area contributed by atoms with Gasteiger partial charge in [0.1, 0.15) is 0 Å². The van der Waals surface area contributed by atoms with E-state index in [4.69, 9.17) is 0 Å². The lowest BCUT2D eigenvalue weighted by atomic mass is 9.69. The fraction of sp³-hybridized carbons (Fsp3) is 0.526. The van der Waals surface area contributed by atoms with E-state index in [9.17, 15) is 14.4 Å². The minimum Gasteiger partial charge on any atom is -0.349 e. The van der Waals surface area contributed by atoms with Gasteiger partial charge in [-0.2, -0.15) is 0 Å². The third kappa shape index (κ3) is 3.67. The zero-order valence-electron chi connectivity index (χ0n) is 14.9. The molecule has 6 heteroatoms. The van der Waals surface area contributed by atoms with Crippen molar-refractivity contribution in [3.8, 4) is 0 Å². The average Bonchev–Trinajstić information content (AvgIpc) is 2.55. The average molecular weight is 343 g/mol. The third-order valence-electron chi connectivity index (χ3n) is 5.18. The fourth-order valence-corrected chi connectivity index (χ4v) is 3.85. The van der Waals surface area contributed by atoms with Crippen LogP contribution in [0.4, 0.5) is 0 Å². The standard InChI is InChI=1S/C19H25N3O3/c1-19(2,3)12-6-4-5-7-13(12)20-16(23)11-8-9-14-15(10-11)22-18(25)17(24)21-14/h8-10,12-13H,4-7H2,1-3H3,(H,20,23)(H,21,24)(H,22,25)/t12-,13+/m1/s1. The molecule has 3 rings (SSSR count). The number of aromatic nitrogens is 2. The van der Waals surface area contributed by atoms with Crippen LogP contribution in [-0.2, 0) is 0 Å². The molecule has 1 heterocycles. The second-order valence-electron chi connectivity index (χ2n) is 8.01. The van der Waals surface area contributed by atoms with Crippen LogP contribution >= 0.6 is 0 Å². The molecule has 0 unspecified atom stereocenters. The van der Waals surface area contributed by atoms with Crippen molar-refractivity contribution in [1.29, 1.82) is 0 Å². The van der Waals surface area contributed by atoms with E-state index in [1.54, 1.807) is 18.2 Å². The van der Waals surface area contributed by atoms with Crippen LogP contribution in [-0.4, -0.2) is 21.9 Å². The summed E-state index contributed by atoms with van der Waals surface area (Å²) in [5.41, 5.74) is 0.171. The zero-order chi connectivity index (χ0) is 18.2. The van der Waals surface area contributed by atoms with Gasteiger partial charge in [0.2, 0.25) is 0 Å². The molecule has 1 aromatic carbocycles. The summed E-state index contributed by atoms with van der Waals surface area (Å²) in [6.45, 7) is 6.66. The smallest absolute Gasteiger partial charge is 0.314 e. The highest BCUT2D eigenvalue weighted by molar-refractivity contribution is 5.97. The van der Waals surface area contributed by atoms with Crippen LogP contribution in [0.25, 0.3) is 11.0 Å². The molecule has 25 heavy (non-hydrogen) atoms. The maximum atomic E-state index is 12.7. The summed E-state index contributed by atoms with van der Waals surface area (Å²) in [7, 11) is 0. The lowest BCUT2D eigenvalue weighted by Crippen LogP contribution is -2.46. The van der Waals surface area contributed by atoms with Gasteiger partial charge in [0, 0.05) is 11.6 Å². The summed E-state index contributed by atoms with van der Waals surface area (Å²) in [6, 6.07) is 5.08. The Bertz CT molecular complexity index is 904. The number of nitrogens with one attached hydrogen (secondary N) is 3. The molecule has 0 bridgehead atoms. The van der Waals surface area contributed by atoms with Gasteiger partial charge in [0.25, 0.3) is 5.91 Å². The summed E-state index contributed by atoms with van der Waals surface area (Å²) >= 11 is 0. The van der Waals surface area contributed by atoms with Crippen LogP contribution in [0.2, 0.25) is 0 Å². The summed E-state index contributed by atoms with van der Waals surface area (Å²) < 4.78 is 0. The first-order valence-electron chi connectivity index (χ1n) is 8.83. The maximum absolute atomic E-state index is 12.7. The fourth-order valence-electron chi connectivity index (χ4n) is 3.85. The molecule has 0 saturated heterocycles. The first-order valence-corrected chi connectivity index (χ1v) is 8.83. The minimum atomic E-state index is -0.717. The van der Waals surface area contributed by atoms with Crippen molar-refractivity contribution in [2.45, 2.75) is 52.5 Å². The largest absolute Gasteiger partial charge is 0.349 e. The highest BCUT2D eigenvalue weighted by atomic mass is 16.2. The highest BCUT2D eigenvalue weighted by Crippen LogP contribution is 2.38. The number of carbonyl (C=O) groups excluding carboxylic acids is 1. The Hall–Kier alpha value is -2.37. The van der Waals surface area contributed by atoms with Gasteiger partial charge in [-0.3, -0.25) is 14.4 Å². The maximum Gasteiger partial charge on any atom is 0.314 e. The number of fused-ring (bicyclic) bond motifs is 1. The molecule has 3 N–H and O–H groups in total. The minimum absolute atomic E-state index is 0.143. The predicted octanol–water partition coefficient (Wildman–Crippen LogP) is 2.55. The topological polar surface area (TPSA) is 94.8 Å². The summed E-state index contributed by atoms with van der Waals surface area (Å²) in [5, 5.41) is 3.18. The van der Waals surface area contributed by atoms with E-state index in [0.717, 1.165) is 19.3 Å². The Morgan fingerprint density at radius 1 is 1.04 bits per heavy atom. The van der Waals surface area contributed by atoms with Gasteiger partial charge in [-0.25, -0.2) is 0 Å². The molecule has 1 amide bonds. The van der Waals surface area contributed by atoms with Crippen molar-refractivity contribution >= 4 is 16.9 Å². The van der Waals surface area contributed by atoms with Crippen LogP contribution < -0.4 is 16.4 Å². The van der Waals surface area contributed by atoms with E-state index in [2.05, 4.69) is 36.1 Å².